The number of carbonyl (C=O) groups excluding carboxylic acids is 1. The van der Waals surface area contributed by atoms with Crippen LogP contribution in [0.25, 0.3) is 0 Å². The molecule has 1 amide bonds. The van der Waals surface area contributed by atoms with Crippen LogP contribution in [0.5, 0.6) is 0 Å². The summed E-state index contributed by atoms with van der Waals surface area (Å²) < 4.78 is 26.8. The van der Waals surface area contributed by atoms with Gasteiger partial charge in [0, 0.05) is 45.8 Å². The molecule has 1 aromatic carbocycles. The van der Waals surface area contributed by atoms with E-state index in [9.17, 15) is 13.2 Å². The molecule has 0 spiro atoms. The molecule has 0 atom stereocenters. The zero-order valence-corrected chi connectivity index (χ0v) is 19.2. The summed E-state index contributed by atoms with van der Waals surface area (Å²) in [5.41, 5.74) is 0.191. The molecule has 0 aliphatic carbocycles. The highest BCUT2D eigenvalue weighted by Crippen LogP contribution is 2.23. The maximum absolute atomic E-state index is 12.7. The van der Waals surface area contributed by atoms with E-state index in [0.717, 1.165) is 45.7 Å². The van der Waals surface area contributed by atoms with Crippen molar-refractivity contribution in [3.05, 3.63) is 28.8 Å². The molecule has 7 nitrogen and oxygen atoms in total. The summed E-state index contributed by atoms with van der Waals surface area (Å²) in [5.74, 6) is -0.345. The first-order valence-electron chi connectivity index (χ1n) is 10.4. The quantitative estimate of drug-likeness (QED) is 0.559. The Bertz CT molecular complexity index is 776. The molecule has 0 saturated carbocycles. The van der Waals surface area contributed by atoms with Crippen molar-refractivity contribution in [2.75, 3.05) is 58.9 Å². The highest BCUT2D eigenvalue weighted by molar-refractivity contribution is 7.89. The number of halogens is 1. The Labute approximate surface area is 180 Å². The van der Waals surface area contributed by atoms with E-state index in [1.807, 2.05) is 0 Å². The summed E-state index contributed by atoms with van der Waals surface area (Å²) in [7, 11) is -3.64. The van der Waals surface area contributed by atoms with Gasteiger partial charge in [-0.25, -0.2) is 8.42 Å². The lowest BCUT2D eigenvalue weighted by atomic mass is 10.2. The maximum atomic E-state index is 12.7. The van der Waals surface area contributed by atoms with Crippen molar-refractivity contribution in [3.63, 3.8) is 0 Å². The molecule has 9 heteroatoms. The number of hydrogen-bond donors (Lipinski definition) is 1. The predicted octanol–water partition coefficient (Wildman–Crippen LogP) is 2.13. The zero-order chi connectivity index (χ0) is 21.4. The molecule has 0 radical (unpaired) electrons. The summed E-state index contributed by atoms with van der Waals surface area (Å²) in [6.07, 6.45) is 0.840. The highest BCUT2D eigenvalue weighted by atomic mass is 35.5. The van der Waals surface area contributed by atoms with Gasteiger partial charge in [0.05, 0.1) is 15.5 Å². The molecule has 1 saturated heterocycles. The monoisotopic (exact) mass is 444 g/mol. The first kappa shape index (κ1) is 24.1. The molecule has 1 aliphatic heterocycles. The van der Waals surface area contributed by atoms with Crippen molar-refractivity contribution < 1.29 is 13.2 Å². The molecule has 0 aromatic heterocycles. The van der Waals surface area contributed by atoms with Crippen molar-refractivity contribution in [2.45, 2.75) is 32.1 Å². The Hall–Kier alpha value is -1.19. The van der Waals surface area contributed by atoms with Gasteiger partial charge in [-0.05, 0) is 37.7 Å². The number of likely N-dealkylation sites (N-methyl/N-ethyl adjacent to an activating group) is 1. The molecular formula is C20H33ClN4O3S. The van der Waals surface area contributed by atoms with Crippen LogP contribution in [0, 0.1) is 0 Å². The fraction of sp³-hybridized carbons (Fsp3) is 0.650. The van der Waals surface area contributed by atoms with Crippen molar-refractivity contribution in [1.82, 2.24) is 19.4 Å². The van der Waals surface area contributed by atoms with E-state index in [2.05, 4.69) is 22.0 Å². The Morgan fingerprint density at radius 3 is 2.31 bits per heavy atom. The minimum absolute atomic E-state index is 0.0875. The van der Waals surface area contributed by atoms with Crippen molar-refractivity contribution in [1.29, 1.82) is 0 Å². The lowest BCUT2D eigenvalue weighted by Crippen LogP contribution is -2.46. The van der Waals surface area contributed by atoms with Gasteiger partial charge < -0.3 is 15.1 Å². The molecule has 1 N–H and O–H groups in total. The van der Waals surface area contributed by atoms with Gasteiger partial charge in [0.15, 0.2) is 0 Å². The summed E-state index contributed by atoms with van der Waals surface area (Å²) in [6, 6.07) is 4.29. The van der Waals surface area contributed by atoms with Gasteiger partial charge >= 0.3 is 0 Å². The van der Waals surface area contributed by atoms with E-state index >= 15 is 0 Å². The van der Waals surface area contributed by atoms with Crippen LogP contribution in [0.2, 0.25) is 5.02 Å². The van der Waals surface area contributed by atoms with Gasteiger partial charge in [-0.2, -0.15) is 4.31 Å². The molecule has 29 heavy (non-hydrogen) atoms. The highest BCUT2D eigenvalue weighted by Gasteiger charge is 2.24. The fourth-order valence-corrected chi connectivity index (χ4v) is 5.17. The minimum atomic E-state index is -3.64. The summed E-state index contributed by atoms with van der Waals surface area (Å²) in [6.45, 7) is 13.3. The summed E-state index contributed by atoms with van der Waals surface area (Å²) in [5, 5.41) is 3.11. The Kier molecular flexibility index (Phi) is 9.36. The van der Waals surface area contributed by atoms with Gasteiger partial charge in [-0.1, -0.05) is 32.4 Å². The number of benzene rings is 1. The second-order valence-electron chi connectivity index (χ2n) is 7.12. The van der Waals surface area contributed by atoms with Crippen LogP contribution in [-0.2, 0) is 10.0 Å². The van der Waals surface area contributed by atoms with Crippen LogP contribution >= 0.6 is 11.6 Å². The molecule has 2 rings (SSSR count). The Morgan fingerprint density at radius 2 is 1.72 bits per heavy atom. The SMILES string of the molecule is CCN1CCN(CCCNC(=O)c2cc(S(=O)(=O)N(CC)CC)ccc2Cl)CC1. The van der Waals surface area contributed by atoms with Crippen LogP contribution in [0.1, 0.15) is 37.6 Å². The van der Waals surface area contributed by atoms with Crippen LogP contribution < -0.4 is 5.32 Å². The molecule has 1 aromatic rings. The first-order valence-corrected chi connectivity index (χ1v) is 12.2. The number of nitrogens with one attached hydrogen (secondary N) is 1. The molecule has 1 aliphatic rings. The number of hydrogen-bond acceptors (Lipinski definition) is 5. The third-order valence-electron chi connectivity index (χ3n) is 5.37. The molecule has 1 heterocycles. The molecule has 0 unspecified atom stereocenters. The van der Waals surface area contributed by atoms with Gasteiger partial charge in [-0.3, -0.25) is 4.79 Å². The lowest BCUT2D eigenvalue weighted by molar-refractivity contribution is 0.0948. The molecular weight excluding hydrogens is 412 g/mol. The number of piperazine rings is 1. The number of nitrogens with zero attached hydrogens (tertiary/aromatic N) is 3. The average molecular weight is 445 g/mol. The van der Waals surface area contributed by atoms with E-state index in [1.54, 1.807) is 13.8 Å². The second-order valence-corrected chi connectivity index (χ2v) is 9.46. The van der Waals surface area contributed by atoms with Crippen LogP contribution in [-0.4, -0.2) is 87.3 Å². The van der Waals surface area contributed by atoms with E-state index < -0.39 is 10.0 Å². The van der Waals surface area contributed by atoms with Gasteiger partial charge in [-0.15, -0.1) is 0 Å². The molecule has 1 fully saturated rings. The van der Waals surface area contributed by atoms with Gasteiger partial charge in [0.25, 0.3) is 5.91 Å². The van der Waals surface area contributed by atoms with Gasteiger partial charge in [0.1, 0.15) is 0 Å². The largest absolute Gasteiger partial charge is 0.352 e. The van der Waals surface area contributed by atoms with E-state index in [4.69, 9.17) is 11.6 Å². The predicted molar refractivity (Wildman–Crippen MR) is 117 cm³/mol. The number of rotatable bonds is 10. The maximum Gasteiger partial charge on any atom is 0.252 e. The third-order valence-corrected chi connectivity index (χ3v) is 7.75. The van der Waals surface area contributed by atoms with Crippen LogP contribution in [0.3, 0.4) is 0 Å². The average Bonchev–Trinajstić information content (AvgIpc) is 2.72. The Morgan fingerprint density at radius 1 is 1.10 bits per heavy atom. The topological polar surface area (TPSA) is 73.0 Å². The smallest absolute Gasteiger partial charge is 0.252 e. The Balaban J connectivity index is 1.92. The number of sulfonamides is 1. The first-order chi connectivity index (χ1) is 13.8. The number of carbonyl (C=O) groups is 1. The fourth-order valence-electron chi connectivity index (χ4n) is 3.48. The zero-order valence-electron chi connectivity index (χ0n) is 17.7. The third kappa shape index (κ3) is 6.39. The van der Waals surface area contributed by atoms with Crippen molar-refractivity contribution in [3.8, 4) is 0 Å². The number of amides is 1. The van der Waals surface area contributed by atoms with Gasteiger partial charge in [0.2, 0.25) is 10.0 Å². The lowest BCUT2D eigenvalue weighted by Gasteiger charge is -2.33. The summed E-state index contributed by atoms with van der Waals surface area (Å²) in [4.78, 5) is 17.5. The standard InChI is InChI=1S/C20H33ClN4O3S/c1-4-23-12-14-24(15-13-23)11-7-10-22-20(26)18-16-17(8-9-19(18)21)29(27,28)25(5-2)6-3/h8-9,16H,4-7,10-15H2,1-3H3,(H,22,26). The van der Waals surface area contributed by atoms with E-state index in [-0.39, 0.29) is 21.4 Å². The van der Waals surface area contributed by atoms with Crippen molar-refractivity contribution in [2.24, 2.45) is 0 Å². The molecule has 0 bridgehead atoms. The van der Waals surface area contributed by atoms with E-state index in [0.29, 0.717) is 19.6 Å². The minimum Gasteiger partial charge on any atom is -0.352 e. The van der Waals surface area contributed by atoms with E-state index in [1.165, 1.54) is 22.5 Å². The molecule has 164 valence electrons. The summed E-state index contributed by atoms with van der Waals surface area (Å²) >= 11 is 6.17. The van der Waals surface area contributed by atoms with Crippen LogP contribution in [0.15, 0.2) is 23.1 Å². The normalized spacial score (nSPS) is 16.3. The van der Waals surface area contributed by atoms with Crippen molar-refractivity contribution >= 4 is 27.5 Å². The second kappa shape index (κ2) is 11.3. The van der Waals surface area contributed by atoms with Crippen LogP contribution in [0.4, 0.5) is 0 Å².